The van der Waals surface area contributed by atoms with Gasteiger partial charge in [-0.3, -0.25) is 10.1 Å². The summed E-state index contributed by atoms with van der Waals surface area (Å²) in [5.74, 6) is 0.0657. The maximum atomic E-state index is 12.6. The number of unbranched alkanes of at least 4 members (excludes halogenated alkanes) is 1. The van der Waals surface area contributed by atoms with E-state index in [0.29, 0.717) is 6.54 Å². The predicted octanol–water partition coefficient (Wildman–Crippen LogP) is 4.38. The van der Waals surface area contributed by atoms with E-state index < -0.39 is 16.7 Å². The van der Waals surface area contributed by atoms with Crippen molar-refractivity contribution in [2.75, 3.05) is 23.8 Å². The molecule has 0 fully saturated rings. The van der Waals surface area contributed by atoms with E-state index in [-0.39, 0.29) is 23.0 Å². The number of benzene rings is 1. The van der Waals surface area contributed by atoms with Gasteiger partial charge in [0.05, 0.1) is 10.5 Å². The molecule has 0 unspecified atom stereocenters. The Bertz CT molecular complexity index is 765. The van der Waals surface area contributed by atoms with E-state index in [1.807, 2.05) is 6.92 Å². The Balaban J connectivity index is 2.33. The van der Waals surface area contributed by atoms with E-state index in [9.17, 15) is 23.3 Å². The summed E-state index contributed by atoms with van der Waals surface area (Å²) in [4.78, 5) is 20.4. The summed E-state index contributed by atoms with van der Waals surface area (Å²) in [6.07, 6.45) is -1.52. The van der Waals surface area contributed by atoms with Crippen LogP contribution in [0.25, 0.3) is 0 Å². The van der Waals surface area contributed by atoms with Gasteiger partial charge in [0.25, 0.3) is 0 Å². The zero-order valence-corrected chi connectivity index (χ0v) is 14.2. The van der Waals surface area contributed by atoms with Crippen molar-refractivity contribution in [2.45, 2.75) is 25.9 Å². The largest absolute Gasteiger partial charge is 0.416 e. The van der Waals surface area contributed by atoms with Gasteiger partial charge in [-0.15, -0.1) is 0 Å². The summed E-state index contributed by atoms with van der Waals surface area (Å²) in [6, 6.07) is 4.16. The van der Waals surface area contributed by atoms with Gasteiger partial charge in [0.2, 0.25) is 11.6 Å². The summed E-state index contributed by atoms with van der Waals surface area (Å²) in [7, 11) is 1.69. The Morgan fingerprint density at radius 1 is 1.23 bits per heavy atom. The van der Waals surface area contributed by atoms with Crippen LogP contribution in [0, 0.1) is 10.1 Å². The average molecular weight is 369 g/mol. The molecule has 7 nitrogen and oxygen atoms in total. The van der Waals surface area contributed by atoms with Gasteiger partial charge in [-0.05, 0) is 30.7 Å². The number of nitrogens with one attached hydrogen (secondary N) is 1. The number of hydrogen-bond acceptors (Lipinski definition) is 6. The molecular formula is C16H18F3N5O2. The minimum absolute atomic E-state index is 0.0805. The molecule has 0 saturated carbocycles. The van der Waals surface area contributed by atoms with Crippen molar-refractivity contribution in [3.63, 3.8) is 0 Å². The lowest BCUT2D eigenvalue weighted by Gasteiger charge is -2.18. The third kappa shape index (κ3) is 4.58. The summed E-state index contributed by atoms with van der Waals surface area (Å²) in [6.45, 7) is 2.58. The molecule has 0 saturated heterocycles. The van der Waals surface area contributed by atoms with Crippen molar-refractivity contribution in [3.05, 3.63) is 46.3 Å². The Morgan fingerprint density at radius 3 is 2.42 bits per heavy atom. The number of rotatable bonds is 7. The molecule has 26 heavy (non-hydrogen) atoms. The van der Waals surface area contributed by atoms with Crippen LogP contribution in [0.15, 0.2) is 30.6 Å². The number of anilines is 3. The van der Waals surface area contributed by atoms with Gasteiger partial charge >= 0.3 is 11.9 Å². The fraction of sp³-hybridized carbons (Fsp3) is 0.375. The van der Waals surface area contributed by atoms with Gasteiger partial charge < -0.3 is 10.2 Å². The Hall–Kier alpha value is -2.91. The van der Waals surface area contributed by atoms with Gasteiger partial charge in [-0.2, -0.15) is 13.2 Å². The first-order chi connectivity index (χ1) is 12.2. The fourth-order valence-electron chi connectivity index (χ4n) is 2.29. The third-order valence-corrected chi connectivity index (χ3v) is 3.67. The zero-order chi connectivity index (χ0) is 19.3. The maximum absolute atomic E-state index is 12.6. The molecular weight excluding hydrogens is 351 g/mol. The standard InChI is InChI=1S/C16H18F3N5O2/c1-3-4-9-23(2)15-13(24(25)26)14(20-10-21-15)22-12-7-5-11(6-8-12)16(17,18)19/h5-8,10H,3-4,9H2,1-2H3,(H,20,21,22). The summed E-state index contributed by atoms with van der Waals surface area (Å²) < 4.78 is 37.9. The number of alkyl halides is 3. The molecule has 1 N–H and O–H groups in total. The Morgan fingerprint density at radius 2 is 1.88 bits per heavy atom. The number of hydrogen-bond donors (Lipinski definition) is 1. The fourth-order valence-corrected chi connectivity index (χ4v) is 2.29. The minimum atomic E-state index is -4.45. The molecule has 2 aromatic rings. The molecule has 0 aliphatic rings. The van der Waals surface area contributed by atoms with Gasteiger partial charge in [0.15, 0.2) is 0 Å². The third-order valence-electron chi connectivity index (χ3n) is 3.67. The van der Waals surface area contributed by atoms with Gasteiger partial charge in [-0.25, -0.2) is 9.97 Å². The van der Waals surface area contributed by atoms with Crippen LogP contribution in [0.1, 0.15) is 25.3 Å². The topological polar surface area (TPSA) is 84.2 Å². The van der Waals surface area contributed by atoms with E-state index in [4.69, 9.17) is 0 Å². The van der Waals surface area contributed by atoms with Crippen molar-refractivity contribution in [2.24, 2.45) is 0 Å². The molecule has 1 aromatic heterocycles. The first kappa shape index (κ1) is 19.4. The number of nitro groups is 1. The number of aromatic nitrogens is 2. The van der Waals surface area contributed by atoms with Crippen molar-refractivity contribution >= 4 is 23.0 Å². The molecule has 0 atom stereocenters. The van der Waals surface area contributed by atoms with E-state index in [0.717, 1.165) is 25.0 Å². The second-order valence-electron chi connectivity index (χ2n) is 5.63. The molecule has 0 bridgehead atoms. The molecule has 0 spiro atoms. The second-order valence-corrected chi connectivity index (χ2v) is 5.63. The average Bonchev–Trinajstić information content (AvgIpc) is 2.59. The van der Waals surface area contributed by atoms with Crippen LogP contribution in [0.5, 0.6) is 0 Å². The highest BCUT2D eigenvalue weighted by atomic mass is 19.4. The first-order valence-corrected chi connectivity index (χ1v) is 7.88. The lowest BCUT2D eigenvalue weighted by Crippen LogP contribution is -2.21. The molecule has 2 rings (SSSR count). The molecule has 0 amide bonds. The normalized spacial score (nSPS) is 11.3. The van der Waals surface area contributed by atoms with Gasteiger partial charge in [0, 0.05) is 19.3 Å². The van der Waals surface area contributed by atoms with Crippen molar-refractivity contribution in [1.29, 1.82) is 0 Å². The van der Waals surface area contributed by atoms with Crippen LogP contribution in [0.4, 0.5) is 36.2 Å². The summed E-state index contributed by atoms with van der Waals surface area (Å²) >= 11 is 0. The first-order valence-electron chi connectivity index (χ1n) is 7.88. The molecule has 1 aromatic carbocycles. The van der Waals surface area contributed by atoms with Crippen LogP contribution in [0.2, 0.25) is 0 Å². The van der Waals surface area contributed by atoms with E-state index in [2.05, 4.69) is 15.3 Å². The lowest BCUT2D eigenvalue weighted by molar-refractivity contribution is -0.383. The van der Waals surface area contributed by atoms with Crippen molar-refractivity contribution in [1.82, 2.24) is 9.97 Å². The summed E-state index contributed by atoms with van der Waals surface area (Å²) in [5, 5.41) is 14.2. The monoisotopic (exact) mass is 369 g/mol. The van der Waals surface area contributed by atoms with Crippen LogP contribution in [-0.2, 0) is 6.18 Å². The van der Waals surface area contributed by atoms with Crippen LogP contribution in [-0.4, -0.2) is 28.5 Å². The van der Waals surface area contributed by atoms with Gasteiger partial charge in [-0.1, -0.05) is 13.3 Å². The molecule has 0 radical (unpaired) electrons. The second kappa shape index (κ2) is 7.98. The Labute approximate surface area is 148 Å². The molecule has 1 heterocycles. The highest BCUT2D eigenvalue weighted by Crippen LogP contribution is 2.34. The highest BCUT2D eigenvalue weighted by Gasteiger charge is 2.30. The van der Waals surface area contributed by atoms with Crippen LogP contribution in [0.3, 0.4) is 0 Å². The molecule has 0 aliphatic heterocycles. The van der Waals surface area contributed by atoms with E-state index in [1.165, 1.54) is 18.5 Å². The molecule has 10 heteroatoms. The van der Waals surface area contributed by atoms with Crippen LogP contribution >= 0.6 is 0 Å². The zero-order valence-electron chi connectivity index (χ0n) is 14.2. The summed E-state index contributed by atoms with van der Waals surface area (Å²) in [5.41, 5.74) is -0.881. The minimum Gasteiger partial charge on any atom is -0.354 e. The predicted molar refractivity (Wildman–Crippen MR) is 91.6 cm³/mol. The highest BCUT2D eigenvalue weighted by molar-refractivity contribution is 5.74. The molecule has 0 aliphatic carbocycles. The smallest absolute Gasteiger partial charge is 0.354 e. The van der Waals surface area contributed by atoms with Crippen molar-refractivity contribution < 1.29 is 18.1 Å². The number of nitrogens with zero attached hydrogens (tertiary/aromatic N) is 4. The SMILES string of the molecule is CCCCN(C)c1ncnc(Nc2ccc(C(F)(F)F)cc2)c1[N+](=O)[O-]. The number of halogens is 3. The lowest BCUT2D eigenvalue weighted by atomic mass is 10.2. The Kier molecular flexibility index (Phi) is 5.96. The van der Waals surface area contributed by atoms with E-state index >= 15 is 0 Å². The van der Waals surface area contributed by atoms with Crippen molar-refractivity contribution in [3.8, 4) is 0 Å². The van der Waals surface area contributed by atoms with E-state index in [1.54, 1.807) is 11.9 Å². The quantitative estimate of drug-likeness (QED) is 0.576. The van der Waals surface area contributed by atoms with Gasteiger partial charge in [0.1, 0.15) is 6.33 Å². The van der Waals surface area contributed by atoms with Crippen LogP contribution < -0.4 is 10.2 Å². The molecule has 140 valence electrons. The maximum Gasteiger partial charge on any atom is 0.416 e.